The maximum atomic E-state index is 13.8. The van der Waals surface area contributed by atoms with Crippen LogP contribution in [-0.2, 0) is 39.9 Å². The summed E-state index contributed by atoms with van der Waals surface area (Å²) >= 11 is 0. The van der Waals surface area contributed by atoms with E-state index in [4.69, 9.17) is 18.9 Å². The molecule has 5 amide bonds. The molecule has 330 valence electrons. The van der Waals surface area contributed by atoms with Gasteiger partial charge in [-0.2, -0.15) is 0 Å². The number of hydrogen-bond acceptors (Lipinski definition) is 10. The van der Waals surface area contributed by atoms with Gasteiger partial charge >= 0.3 is 24.2 Å². The number of unbranched alkanes of at least 4 members (excludes halogenated alkanes) is 2. The topological polar surface area (TPSA) is 199 Å². The molecule has 2 unspecified atom stereocenters. The highest BCUT2D eigenvalue weighted by Gasteiger charge is 2.30. The number of amides is 5. The van der Waals surface area contributed by atoms with Crippen molar-refractivity contribution in [3.8, 4) is 11.1 Å². The average Bonchev–Trinajstić information content (AvgIpc) is 3.52. The summed E-state index contributed by atoms with van der Waals surface area (Å²) in [6.45, 7) is 10.6. The van der Waals surface area contributed by atoms with Crippen LogP contribution in [-0.4, -0.2) is 85.6 Å². The molecule has 5 N–H and O–H groups in total. The van der Waals surface area contributed by atoms with Gasteiger partial charge in [0.1, 0.15) is 43.0 Å². The lowest BCUT2D eigenvalue weighted by Crippen LogP contribution is -2.54. The normalized spacial score (nSPS) is 13.0. The zero-order valence-electron chi connectivity index (χ0n) is 36.1. The molecule has 0 saturated heterocycles. The maximum absolute atomic E-state index is 13.8. The van der Waals surface area contributed by atoms with Gasteiger partial charge in [0, 0.05) is 19.0 Å². The second-order valence-electron chi connectivity index (χ2n) is 16.8. The van der Waals surface area contributed by atoms with Gasteiger partial charge in [-0.05, 0) is 108 Å². The Labute approximate surface area is 358 Å². The van der Waals surface area contributed by atoms with Gasteiger partial charge in [0.05, 0.1) is 0 Å². The van der Waals surface area contributed by atoms with Gasteiger partial charge in [0.25, 0.3) is 0 Å². The summed E-state index contributed by atoms with van der Waals surface area (Å²) in [5.41, 5.74) is 3.74. The first-order valence-corrected chi connectivity index (χ1v) is 20.8. The highest BCUT2D eigenvalue weighted by atomic mass is 16.6. The minimum Gasteiger partial charge on any atom is -0.460 e. The standard InChI is InChI=1S/C46H61N5O10/c1-45(2,3)60-43(56)48-27-17-15-25-38(51-44(57)61-46(4,5)6)41(54)50-37(40(53)49-28-39(52)58-29-31-18-8-7-9-19-31)24-14-16-26-47-42(55)59-30-36-34-22-12-10-20-32(34)33-21-11-13-23-35(33)36/h7-13,18-23,36-38H,14-17,24-30H2,1-6H3,(H,47,55)(H,48,56)(H,49,53)(H,50,54)(H,51,57). The summed E-state index contributed by atoms with van der Waals surface area (Å²) in [7, 11) is 0. The molecule has 15 nitrogen and oxygen atoms in total. The minimum absolute atomic E-state index is 0.0255. The van der Waals surface area contributed by atoms with Gasteiger partial charge in [-0.3, -0.25) is 14.4 Å². The van der Waals surface area contributed by atoms with Gasteiger partial charge in [0.2, 0.25) is 11.8 Å². The molecule has 0 saturated carbocycles. The van der Waals surface area contributed by atoms with Crippen molar-refractivity contribution < 1.29 is 47.7 Å². The molecule has 0 spiro atoms. The maximum Gasteiger partial charge on any atom is 0.408 e. The first-order chi connectivity index (χ1) is 29.0. The smallest absolute Gasteiger partial charge is 0.408 e. The van der Waals surface area contributed by atoms with Gasteiger partial charge in [-0.1, -0.05) is 78.9 Å². The van der Waals surface area contributed by atoms with E-state index in [0.29, 0.717) is 25.7 Å². The van der Waals surface area contributed by atoms with E-state index in [9.17, 15) is 28.8 Å². The number of carbonyl (C=O) groups is 6. The predicted molar refractivity (Wildman–Crippen MR) is 229 cm³/mol. The summed E-state index contributed by atoms with van der Waals surface area (Å²) in [5.74, 6) is -2.03. The van der Waals surface area contributed by atoms with Crippen LogP contribution in [0.1, 0.15) is 103 Å². The fourth-order valence-corrected chi connectivity index (χ4v) is 6.62. The first kappa shape index (κ1) is 47.6. The van der Waals surface area contributed by atoms with Crippen molar-refractivity contribution in [1.29, 1.82) is 0 Å². The summed E-state index contributed by atoms with van der Waals surface area (Å²) in [6, 6.07) is 23.0. The van der Waals surface area contributed by atoms with E-state index in [1.54, 1.807) is 53.7 Å². The molecule has 0 radical (unpaired) electrons. The van der Waals surface area contributed by atoms with Gasteiger partial charge in [-0.25, -0.2) is 14.4 Å². The molecule has 1 aliphatic carbocycles. The molecule has 3 aromatic rings. The zero-order valence-corrected chi connectivity index (χ0v) is 36.1. The Kier molecular flexibility index (Phi) is 18.0. The monoisotopic (exact) mass is 843 g/mol. The Morgan fingerprint density at radius 1 is 0.557 bits per heavy atom. The molecule has 0 aromatic heterocycles. The van der Waals surface area contributed by atoms with Crippen LogP contribution < -0.4 is 26.6 Å². The fraction of sp³-hybridized carbons (Fsp3) is 0.478. The van der Waals surface area contributed by atoms with Crippen LogP contribution in [0.25, 0.3) is 11.1 Å². The third-order valence-electron chi connectivity index (χ3n) is 9.41. The molecule has 4 rings (SSSR count). The van der Waals surface area contributed by atoms with Crippen molar-refractivity contribution >= 4 is 36.1 Å². The average molecular weight is 844 g/mol. The van der Waals surface area contributed by atoms with Crippen LogP contribution in [0.5, 0.6) is 0 Å². The van der Waals surface area contributed by atoms with Gasteiger partial charge in [0.15, 0.2) is 0 Å². The number of benzene rings is 3. The molecule has 3 aromatic carbocycles. The summed E-state index contributed by atoms with van der Waals surface area (Å²) in [4.78, 5) is 77.5. The molecular formula is C46H61N5O10. The lowest BCUT2D eigenvalue weighted by Gasteiger charge is -2.25. The molecule has 0 bridgehead atoms. The van der Waals surface area contributed by atoms with E-state index in [-0.39, 0.29) is 45.1 Å². The molecular weight excluding hydrogens is 783 g/mol. The Balaban J connectivity index is 1.33. The molecule has 1 aliphatic rings. The largest absolute Gasteiger partial charge is 0.460 e. The minimum atomic E-state index is -1.11. The van der Waals surface area contributed by atoms with E-state index in [0.717, 1.165) is 27.8 Å². The van der Waals surface area contributed by atoms with Gasteiger partial charge in [-0.15, -0.1) is 0 Å². The number of rotatable bonds is 20. The molecule has 15 heteroatoms. The molecule has 0 aliphatic heterocycles. The number of alkyl carbamates (subject to hydrolysis) is 3. The summed E-state index contributed by atoms with van der Waals surface area (Å²) in [6.07, 6.45) is 0.0401. The Morgan fingerprint density at radius 2 is 1.07 bits per heavy atom. The van der Waals surface area contributed by atoms with E-state index in [2.05, 4.69) is 38.7 Å². The summed E-state index contributed by atoms with van der Waals surface area (Å²) < 4.78 is 21.6. The van der Waals surface area contributed by atoms with Crippen molar-refractivity contribution in [3.05, 3.63) is 95.6 Å². The van der Waals surface area contributed by atoms with Crippen molar-refractivity contribution in [2.24, 2.45) is 0 Å². The van der Waals surface area contributed by atoms with Crippen molar-refractivity contribution in [2.45, 2.75) is 116 Å². The molecule has 0 heterocycles. The second kappa shape index (κ2) is 23.0. The van der Waals surface area contributed by atoms with Crippen LogP contribution >= 0.6 is 0 Å². The predicted octanol–water partition coefficient (Wildman–Crippen LogP) is 6.63. The number of esters is 1. The lowest BCUT2D eigenvalue weighted by atomic mass is 9.98. The third kappa shape index (κ3) is 16.8. The Bertz CT molecular complexity index is 1900. The van der Waals surface area contributed by atoms with E-state index in [1.807, 2.05) is 54.6 Å². The SMILES string of the molecule is CC(C)(C)OC(=O)NCCCCC(NC(=O)OC(C)(C)C)C(=O)NC(CCCCNC(=O)OCC1c2ccccc2-c2ccccc21)C(=O)NCC(=O)OCc1ccccc1. The van der Waals surface area contributed by atoms with Crippen LogP contribution in [0.2, 0.25) is 0 Å². The lowest BCUT2D eigenvalue weighted by molar-refractivity contribution is -0.145. The van der Waals surface area contributed by atoms with Crippen LogP contribution in [0, 0.1) is 0 Å². The van der Waals surface area contributed by atoms with Crippen LogP contribution in [0.4, 0.5) is 14.4 Å². The molecule has 0 fully saturated rings. The Morgan fingerprint density at radius 3 is 1.64 bits per heavy atom. The highest BCUT2D eigenvalue weighted by Crippen LogP contribution is 2.44. The number of ether oxygens (including phenoxy) is 4. The zero-order chi connectivity index (χ0) is 44.4. The van der Waals surface area contributed by atoms with Crippen LogP contribution in [0.15, 0.2) is 78.9 Å². The van der Waals surface area contributed by atoms with Crippen molar-refractivity contribution in [2.75, 3.05) is 26.2 Å². The second-order valence-corrected chi connectivity index (χ2v) is 16.8. The quantitative estimate of drug-likeness (QED) is 0.0468. The number of carbonyl (C=O) groups excluding carboxylic acids is 6. The number of nitrogens with one attached hydrogen (secondary N) is 5. The molecule has 61 heavy (non-hydrogen) atoms. The Hall–Kier alpha value is -6.12. The van der Waals surface area contributed by atoms with Crippen molar-refractivity contribution in [3.63, 3.8) is 0 Å². The first-order valence-electron chi connectivity index (χ1n) is 20.8. The summed E-state index contributed by atoms with van der Waals surface area (Å²) in [5, 5.41) is 13.4. The van der Waals surface area contributed by atoms with E-state index in [1.165, 1.54) is 0 Å². The molecule has 2 atom stereocenters. The van der Waals surface area contributed by atoms with Gasteiger partial charge < -0.3 is 45.5 Å². The fourth-order valence-electron chi connectivity index (χ4n) is 6.62. The van der Waals surface area contributed by atoms with E-state index >= 15 is 0 Å². The van der Waals surface area contributed by atoms with E-state index < -0.39 is 65.9 Å². The third-order valence-corrected chi connectivity index (χ3v) is 9.41. The number of hydrogen-bond donors (Lipinski definition) is 5. The number of fused-ring (bicyclic) bond motifs is 3. The van der Waals surface area contributed by atoms with Crippen molar-refractivity contribution in [1.82, 2.24) is 26.6 Å². The van der Waals surface area contributed by atoms with Crippen LogP contribution in [0.3, 0.4) is 0 Å². The highest BCUT2D eigenvalue weighted by molar-refractivity contribution is 5.92.